The van der Waals surface area contributed by atoms with Crippen LogP contribution in [0.3, 0.4) is 0 Å². The summed E-state index contributed by atoms with van der Waals surface area (Å²) in [5.41, 5.74) is 6.74. The molecule has 0 bridgehead atoms. The molecule has 1 aliphatic heterocycles. The van der Waals surface area contributed by atoms with Gasteiger partial charge in [-0.2, -0.15) is 35.4 Å². The van der Waals surface area contributed by atoms with Crippen LogP contribution >= 0.6 is 0 Å². The van der Waals surface area contributed by atoms with Crippen LogP contribution in [-0.4, -0.2) is 12.8 Å². The summed E-state index contributed by atoms with van der Waals surface area (Å²) in [6, 6.07) is 26.7. The van der Waals surface area contributed by atoms with Gasteiger partial charge < -0.3 is 10.2 Å². The zero-order valence-corrected chi connectivity index (χ0v) is 14.6. The van der Waals surface area contributed by atoms with Crippen molar-refractivity contribution >= 4 is 5.71 Å². The SMILES string of the molecule is COc1ccc(C2=NNC([c-]3cccc3)C2)cc1.[Fe+2].c1cc[cH-]c1. The van der Waals surface area contributed by atoms with Crippen LogP contribution in [0, 0.1) is 0 Å². The third-order valence-corrected chi connectivity index (χ3v) is 3.82. The normalized spacial score (nSPS) is 15.4. The van der Waals surface area contributed by atoms with Crippen LogP contribution < -0.4 is 10.2 Å². The molecule has 0 spiro atoms. The standard InChI is InChI=1S/C15H15N2O.C5H5.Fe/c1-18-13-8-6-12(7-9-13)15-10-14(16-17-15)11-4-2-3-5-11;1-2-4-5-3-1;/h2-9,14,16H,10H2,1H3;1-5H;/q2*-1;+2. The fraction of sp³-hybridized carbons (Fsp3) is 0.150. The van der Waals surface area contributed by atoms with Gasteiger partial charge in [0.15, 0.2) is 0 Å². The second-order valence-corrected chi connectivity index (χ2v) is 5.35. The van der Waals surface area contributed by atoms with Crippen molar-refractivity contribution in [2.45, 2.75) is 12.5 Å². The van der Waals surface area contributed by atoms with Crippen molar-refractivity contribution in [1.29, 1.82) is 0 Å². The predicted octanol–water partition coefficient (Wildman–Crippen LogP) is 4.26. The van der Waals surface area contributed by atoms with Crippen molar-refractivity contribution in [2.75, 3.05) is 7.11 Å². The molecule has 3 nitrogen and oxygen atoms in total. The summed E-state index contributed by atoms with van der Waals surface area (Å²) in [5, 5.41) is 4.42. The largest absolute Gasteiger partial charge is 2.00 e. The van der Waals surface area contributed by atoms with Gasteiger partial charge in [0, 0.05) is 12.5 Å². The van der Waals surface area contributed by atoms with E-state index in [4.69, 9.17) is 4.74 Å². The molecule has 1 atom stereocenters. The average Bonchev–Trinajstić information content (AvgIpc) is 3.38. The van der Waals surface area contributed by atoms with E-state index >= 15 is 0 Å². The zero-order valence-electron chi connectivity index (χ0n) is 13.5. The molecule has 0 saturated carbocycles. The summed E-state index contributed by atoms with van der Waals surface area (Å²) in [4.78, 5) is 0. The Bertz CT molecular complexity index is 698. The fourth-order valence-corrected chi connectivity index (χ4v) is 2.54. The summed E-state index contributed by atoms with van der Waals surface area (Å²) in [7, 11) is 1.68. The monoisotopic (exact) mass is 360 g/mol. The van der Waals surface area contributed by atoms with Crippen molar-refractivity contribution in [2.24, 2.45) is 5.10 Å². The maximum Gasteiger partial charge on any atom is 2.00 e. The van der Waals surface area contributed by atoms with E-state index in [1.807, 2.05) is 54.6 Å². The van der Waals surface area contributed by atoms with Crippen molar-refractivity contribution in [3.05, 3.63) is 90.0 Å². The Morgan fingerprint density at radius 2 is 1.75 bits per heavy atom. The van der Waals surface area contributed by atoms with Gasteiger partial charge in [0.25, 0.3) is 0 Å². The number of nitrogens with zero attached hydrogens (tertiary/aromatic N) is 1. The molecule has 4 heteroatoms. The molecular formula is C20H20FeN2O. The molecule has 0 amide bonds. The quantitative estimate of drug-likeness (QED) is 0.560. The first-order valence-electron chi connectivity index (χ1n) is 7.71. The maximum absolute atomic E-state index is 5.16. The van der Waals surface area contributed by atoms with Crippen LogP contribution in [0.5, 0.6) is 5.75 Å². The summed E-state index contributed by atoms with van der Waals surface area (Å²) in [5.74, 6) is 0.873. The maximum atomic E-state index is 5.16. The van der Waals surface area contributed by atoms with Gasteiger partial charge in [0.05, 0.1) is 12.8 Å². The number of rotatable bonds is 3. The van der Waals surface area contributed by atoms with E-state index in [1.54, 1.807) is 7.11 Å². The minimum atomic E-state index is 0. The molecule has 3 aromatic carbocycles. The second-order valence-electron chi connectivity index (χ2n) is 5.35. The number of nitrogens with one attached hydrogen (secondary N) is 1. The molecule has 0 fully saturated rings. The molecule has 0 radical (unpaired) electrons. The minimum absolute atomic E-state index is 0. The van der Waals surface area contributed by atoms with Gasteiger partial charge in [-0.25, -0.2) is 24.3 Å². The molecular weight excluding hydrogens is 340 g/mol. The van der Waals surface area contributed by atoms with Gasteiger partial charge in [0.2, 0.25) is 0 Å². The number of hydrogen-bond donors (Lipinski definition) is 1. The van der Waals surface area contributed by atoms with Crippen molar-refractivity contribution < 1.29 is 21.8 Å². The summed E-state index contributed by atoms with van der Waals surface area (Å²) in [6.07, 6.45) is 0.927. The predicted molar refractivity (Wildman–Crippen MR) is 94.1 cm³/mol. The molecule has 0 saturated heterocycles. The van der Waals surface area contributed by atoms with Gasteiger partial charge in [-0.05, 0) is 29.8 Å². The summed E-state index contributed by atoms with van der Waals surface area (Å²) >= 11 is 0. The Morgan fingerprint density at radius 1 is 1.08 bits per heavy atom. The van der Waals surface area contributed by atoms with Crippen LogP contribution in [0.25, 0.3) is 0 Å². The average molecular weight is 360 g/mol. The number of hydrazone groups is 1. The van der Waals surface area contributed by atoms with E-state index in [2.05, 4.69) is 34.8 Å². The second kappa shape index (κ2) is 9.11. The first-order chi connectivity index (χ1) is 11.4. The third-order valence-electron chi connectivity index (χ3n) is 3.82. The molecule has 24 heavy (non-hydrogen) atoms. The molecule has 124 valence electrons. The first kappa shape index (κ1) is 18.1. The Balaban J connectivity index is 0.000000300. The fourth-order valence-electron chi connectivity index (χ4n) is 2.54. The van der Waals surface area contributed by atoms with Crippen molar-refractivity contribution in [1.82, 2.24) is 5.43 Å². The van der Waals surface area contributed by atoms with Gasteiger partial charge >= 0.3 is 17.1 Å². The van der Waals surface area contributed by atoms with E-state index < -0.39 is 0 Å². The number of hydrogen-bond acceptors (Lipinski definition) is 3. The minimum Gasteiger partial charge on any atom is -0.497 e. The molecule has 3 aromatic rings. The Morgan fingerprint density at radius 3 is 2.29 bits per heavy atom. The topological polar surface area (TPSA) is 33.6 Å². The van der Waals surface area contributed by atoms with E-state index in [9.17, 15) is 0 Å². The smallest absolute Gasteiger partial charge is 0.497 e. The van der Waals surface area contributed by atoms with Crippen molar-refractivity contribution in [3.8, 4) is 5.75 Å². The summed E-state index contributed by atoms with van der Waals surface area (Å²) < 4.78 is 5.16. The molecule has 4 rings (SSSR count). The first-order valence-corrected chi connectivity index (χ1v) is 7.71. The molecule has 1 unspecified atom stereocenters. The molecule has 0 aliphatic carbocycles. The van der Waals surface area contributed by atoms with E-state index in [0.717, 1.165) is 23.4 Å². The Kier molecular flexibility index (Phi) is 6.86. The zero-order chi connectivity index (χ0) is 15.9. The summed E-state index contributed by atoms with van der Waals surface area (Å²) in [6.45, 7) is 0. The van der Waals surface area contributed by atoms with Gasteiger partial charge in [-0.3, -0.25) is 0 Å². The van der Waals surface area contributed by atoms with Crippen molar-refractivity contribution in [3.63, 3.8) is 0 Å². The van der Waals surface area contributed by atoms with E-state index in [0.29, 0.717) is 6.04 Å². The molecule has 1 N–H and O–H groups in total. The number of benzene rings is 1. The molecule has 0 aromatic heterocycles. The van der Waals surface area contributed by atoms with Crippen LogP contribution in [0.2, 0.25) is 0 Å². The Labute approximate surface area is 153 Å². The van der Waals surface area contributed by atoms with E-state index in [-0.39, 0.29) is 17.1 Å². The van der Waals surface area contributed by atoms with Crippen LogP contribution in [-0.2, 0) is 17.1 Å². The van der Waals surface area contributed by atoms with Crippen LogP contribution in [0.4, 0.5) is 0 Å². The number of methoxy groups -OCH3 is 1. The van der Waals surface area contributed by atoms with Crippen LogP contribution in [0.1, 0.15) is 23.6 Å². The molecule has 1 heterocycles. The van der Waals surface area contributed by atoms with Gasteiger partial charge in [0.1, 0.15) is 5.75 Å². The van der Waals surface area contributed by atoms with E-state index in [1.165, 1.54) is 5.56 Å². The Hall–Kier alpha value is -2.29. The van der Waals surface area contributed by atoms with Crippen LogP contribution in [0.15, 0.2) is 84.0 Å². The van der Waals surface area contributed by atoms with Gasteiger partial charge in [-0.15, -0.1) is 5.56 Å². The van der Waals surface area contributed by atoms with Gasteiger partial charge in [-0.1, -0.05) is 0 Å². The molecule has 1 aliphatic rings. The third kappa shape index (κ3) is 4.60. The number of ether oxygens (including phenoxy) is 1.